The number of nitrogens with zero attached hydrogens (tertiary/aromatic N) is 4. The third-order valence-electron chi connectivity index (χ3n) is 5.89. The molecular formula is C25H31N5O2S. The predicted molar refractivity (Wildman–Crippen MR) is 132 cm³/mol. The first-order valence-electron chi connectivity index (χ1n) is 11.3. The number of carbonyl (C=O) groups excluding carboxylic acids is 1. The molecule has 1 aliphatic heterocycles. The van der Waals surface area contributed by atoms with Crippen molar-refractivity contribution in [1.29, 1.82) is 0 Å². The fraction of sp³-hybridized carbons (Fsp3) is 0.400. The van der Waals surface area contributed by atoms with E-state index in [1.807, 2.05) is 43.0 Å². The number of nitrogen functional groups attached to an aromatic ring is 1. The van der Waals surface area contributed by atoms with E-state index in [9.17, 15) is 4.79 Å². The minimum absolute atomic E-state index is 0.0503. The molecule has 33 heavy (non-hydrogen) atoms. The second kappa shape index (κ2) is 9.87. The lowest BCUT2D eigenvalue weighted by molar-refractivity contribution is -0.117. The highest BCUT2D eigenvalue weighted by Gasteiger charge is 2.28. The number of para-hydroxylation sites is 1. The van der Waals surface area contributed by atoms with Crippen LogP contribution in [0.25, 0.3) is 0 Å². The maximum atomic E-state index is 13.2. The number of rotatable bonds is 7. The standard InChI is InChI=1S/C25H31N5O2S/c1-16(2)20-12-11-17(3)14-22(20)32-15-23-27-28-25(30(23)26)33-18(4)24(31)29-13-7-9-19-8-5-6-10-21(19)29/h5-6,8,10-12,14,16,18H,7,9,13,15,26H2,1-4H3. The quantitative estimate of drug-likeness (QED) is 0.409. The summed E-state index contributed by atoms with van der Waals surface area (Å²) in [6, 6.07) is 14.3. The third kappa shape index (κ3) is 5.00. The molecule has 0 aliphatic carbocycles. The van der Waals surface area contributed by atoms with Crippen LogP contribution in [0.5, 0.6) is 5.75 Å². The van der Waals surface area contributed by atoms with Crippen LogP contribution in [-0.2, 0) is 17.8 Å². The fourth-order valence-corrected chi connectivity index (χ4v) is 4.91. The van der Waals surface area contributed by atoms with E-state index in [1.54, 1.807) is 0 Å². The lowest BCUT2D eigenvalue weighted by Gasteiger charge is -2.31. The molecule has 2 heterocycles. The van der Waals surface area contributed by atoms with Crippen LogP contribution in [0.1, 0.15) is 55.6 Å². The van der Waals surface area contributed by atoms with Crippen LogP contribution in [0.3, 0.4) is 0 Å². The summed E-state index contributed by atoms with van der Waals surface area (Å²) < 4.78 is 7.48. The van der Waals surface area contributed by atoms with Crippen molar-refractivity contribution in [2.75, 3.05) is 17.3 Å². The zero-order valence-electron chi connectivity index (χ0n) is 19.6. The Morgan fingerprint density at radius 1 is 1.18 bits per heavy atom. The van der Waals surface area contributed by atoms with Gasteiger partial charge in [0.1, 0.15) is 12.4 Å². The molecule has 1 aliphatic rings. The number of ether oxygens (including phenoxy) is 1. The van der Waals surface area contributed by atoms with Gasteiger partial charge in [0.05, 0.1) is 5.25 Å². The molecule has 2 aromatic carbocycles. The van der Waals surface area contributed by atoms with Crippen LogP contribution in [0, 0.1) is 6.92 Å². The van der Waals surface area contributed by atoms with Crippen molar-refractivity contribution >= 4 is 23.4 Å². The number of fused-ring (bicyclic) bond motifs is 1. The van der Waals surface area contributed by atoms with Crippen molar-refractivity contribution in [2.45, 2.75) is 63.5 Å². The van der Waals surface area contributed by atoms with Gasteiger partial charge in [0.25, 0.3) is 0 Å². The lowest BCUT2D eigenvalue weighted by atomic mass is 10.0. The topological polar surface area (TPSA) is 86.3 Å². The third-order valence-corrected chi connectivity index (χ3v) is 6.93. The maximum Gasteiger partial charge on any atom is 0.240 e. The summed E-state index contributed by atoms with van der Waals surface area (Å²) in [4.78, 5) is 15.1. The van der Waals surface area contributed by atoms with Crippen molar-refractivity contribution < 1.29 is 9.53 Å². The van der Waals surface area contributed by atoms with Crippen LogP contribution in [0.2, 0.25) is 0 Å². The molecular weight excluding hydrogens is 434 g/mol. The Labute approximate surface area is 199 Å². The van der Waals surface area contributed by atoms with Gasteiger partial charge < -0.3 is 15.5 Å². The molecule has 174 valence electrons. The van der Waals surface area contributed by atoms with Crippen molar-refractivity contribution in [3.63, 3.8) is 0 Å². The Balaban J connectivity index is 1.44. The van der Waals surface area contributed by atoms with E-state index in [-0.39, 0.29) is 17.8 Å². The Bertz CT molecular complexity index is 1140. The summed E-state index contributed by atoms with van der Waals surface area (Å²) in [6.45, 7) is 9.12. The number of anilines is 1. The number of hydrogen-bond donors (Lipinski definition) is 1. The highest BCUT2D eigenvalue weighted by Crippen LogP contribution is 2.31. The first-order valence-corrected chi connectivity index (χ1v) is 12.2. The first kappa shape index (κ1) is 23.2. The molecule has 2 N–H and O–H groups in total. The van der Waals surface area contributed by atoms with Gasteiger partial charge in [-0.1, -0.05) is 55.9 Å². The molecule has 1 amide bonds. The molecule has 1 atom stereocenters. The van der Waals surface area contributed by atoms with Gasteiger partial charge in [-0.15, -0.1) is 10.2 Å². The molecule has 8 heteroatoms. The predicted octanol–water partition coefficient (Wildman–Crippen LogP) is 4.46. The molecule has 7 nitrogen and oxygen atoms in total. The average Bonchev–Trinajstić information content (AvgIpc) is 3.15. The number of benzene rings is 2. The van der Waals surface area contributed by atoms with Crippen molar-refractivity contribution in [3.05, 3.63) is 65.0 Å². The molecule has 0 fully saturated rings. The molecule has 0 saturated heterocycles. The summed E-state index contributed by atoms with van der Waals surface area (Å²) in [5.41, 5.74) is 4.49. The van der Waals surface area contributed by atoms with Crippen LogP contribution in [0.15, 0.2) is 47.6 Å². The monoisotopic (exact) mass is 465 g/mol. The van der Waals surface area contributed by atoms with E-state index in [1.165, 1.54) is 22.0 Å². The molecule has 1 aromatic heterocycles. The van der Waals surface area contributed by atoms with Gasteiger partial charge in [0.2, 0.25) is 11.1 Å². The van der Waals surface area contributed by atoms with E-state index in [0.29, 0.717) is 16.9 Å². The highest BCUT2D eigenvalue weighted by molar-refractivity contribution is 8.00. The van der Waals surface area contributed by atoms with Gasteiger partial charge in [-0.3, -0.25) is 4.79 Å². The normalized spacial score (nSPS) is 14.3. The Hall–Kier alpha value is -3.00. The second-order valence-electron chi connectivity index (χ2n) is 8.74. The number of thioether (sulfide) groups is 1. The van der Waals surface area contributed by atoms with Crippen LogP contribution in [0.4, 0.5) is 5.69 Å². The molecule has 0 radical (unpaired) electrons. The van der Waals surface area contributed by atoms with Gasteiger partial charge in [-0.05, 0) is 61.4 Å². The van der Waals surface area contributed by atoms with E-state index >= 15 is 0 Å². The highest BCUT2D eigenvalue weighted by atomic mass is 32.2. The van der Waals surface area contributed by atoms with Crippen LogP contribution in [-0.4, -0.2) is 32.6 Å². The summed E-state index contributed by atoms with van der Waals surface area (Å²) in [5.74, 6) is 8.00. The molecule has 1 unspecified atom stereocenters. The largest absolute Gasteiger partial charge is 0.485 e. The minimum Gasteiger partial charge on any atom is -0.485 e. The maximum absolute atomic E-state index is 13.2. The zero-order valence-corrected chi connectivity index (χ0v) is 20.4. The average molecular weight is 466 g/mol. The van der Waals surface area contributed by atoms with Crippen LogP contribution >= 0.6 is 11.8 Å². The van der Waals surface area contributed by atoms with E-state index in [0.717, 1.165) is 42.0 Å². The number of hydrogen-bond acceptors (Lipinski definition) is 6. The molecule has 3 aromatic rings. The van der Waals surface area contributed by atoms with Crippen molar-refractivity contribution in [3.8, 4) is 5.75 Å². The number of nitrogens with two attached hydrogens (primary N) is 1. The molecule has 4 rings (SSSR count). The van der Waals surface area contributed by atoms with Gasteiger partial charge in [-0.2, -0.15) is 0 Å². The molecule has 0 spiro atoms. The number of aryl methyl sites for hydroxylation is 2. The van der Waals surface area contributed by atoms with Crippen LogP contribution < -0.4 is 15.5 Å². The Kier molecular flexibility index (Phi) is 6.93. The number of aromatic nitrogens is 3. The Morgan fingerprint density at radius 2 is 1.97 bits per heavy atom. The van der Waals surface area contributed by atoms with Gasteiger partial charge in [-0.25, -0.2) is 4.68 Å². The van der Waals surface area contributed by atoms with Crippen molar-refractivity contribution in [2.24, 2.45) is 0 Å². The SMILES string of the molecule is Cc1ccc(C(C)C)c(OCc2nnc(SC(C)C(=O)N3CCCc4ccccc43)n2N)c1. The fourth-order valence-electron chi connectivity index (χ4n) is 4.06. The molecule has 0 bridgehead atoms. The summed E-state index contributed by atoms with van der Waals surface area (Å²) in [7, 11) is 0. The lowest BCUT2D eigenvalue weighted by Crippen LogP contribution is -2.40. The van der Waals surface area contributed by atoms with Crippen molar-refractivity contribution in [1.82, 2.24) is 14.9 Å². The minimum atomic E-state index is -0.347. The van der Waals surface area contributed by atoms with E-state index < -0.39 is 0 Å². The Morgan fingerprint density at radius 3 is 2.76 bits per heavy atom. The summed E-state index contributed by atoms with van der Waals surface area (Å²) >= 11 is 1.32. The van der Waals surface area contributed by atoms with E-state index in [2.05, 4.69) is 42.2 Å². The van der Waals surface area contributed by atoms with Gasteiger partial charge >= 0.3 is 0 Å². The first-order chi connectivity index (χ1) is 15.8. The van der Waals surface area contributed by atoms with E-state index in [4.69, 9.17) is 10.6 Å². The number of carbonyl (C=O) groups is 1. The number of amides is 1. The summed E-state index contributed by atoms with van der Waals surface area (Å²) in [5, 5.41) is 8.57. The molecule has 0 saturated carbocycles. The van der Waals surface area contributed by atoms with Gasteiger partial charge in [0, 0.05) is 12.2 Å². The zero-order chi connectivity index (χ0) is 23.5. The summed E-state index contributed by atoms with van der Waals surface area (Å²) in [6.07, 6.45) is 1.97. The second-order valence-corrected chi connectivity index (χ2v) is 10.0. The van der Waals surface area contributed by atoms with Gasteiger partial charge in [0.15, 0.2) is 5.82 Å². The smallest absolute Gasteiger partial charge is 0.240 e.